The molecule has 0 radical (unpaired) electrons. The quantitative estimate of drug-likeness (QED) is 0.866. The smallest absolute Gasteiger partial charge is 0.223 e. The van der Waals surface area contributed by atoms with Gasteiger partial charge in [0.05, 0.1) is 11.9 Å². The van der Waals surface area contributed by atoms with Crippen molar-refractivity contribution < 1.29 is 0 Å². The van der Waals surface area contributed by atoms with Gasteiger partial charge in [0.25, 0.3) is 0 Å². The van der Waals surface area contributed by atoms with Gasteiger partial charge in [0, 0.05) is 30.5 Å². The van der Waals surface area contributed by atoms with Gasteiger partial charge in [-0.05, 0) is 25.8 Å². The first kappa shape index (κ1) is 13.5. The van der Waals surface area contributed by atoms with Crippen LogP contribution in [0.4, 0.5) is 5.95 Å². The van der Waals surface area contributed by atoms with E-state index in [4.69, 9.17) is 0 Å². The molecule has 0 saturated heterocycles. The summed E-state index contributed by atoms with van der Waals surface area (Å²) in [5.74, 6) is 0.695. The van der Waals surface area contributed by atoms with E-state index in [0.717, 1.165) is 42.9 Å². The zero-order valence-corrected chi connectivity index (χ0v) is 11.8. The molecule has 19 heavy (non-hydrogen) atoms. The van der Waals surface area contributed by atoms with Crippen LogP contribution in [0.25, 0.3) is 11.3 Å². The van der Waals surface area contributed by atoms with Crippen LogP contribution in [0.5, 0.6) is 0 Å². The minimum Gasteiger partial charge on any atom is -0.354 e. The van der Waals surface area contributed by atoms with Gasteiger partial charge >= 0.3 is 0 Å². The van der Waals surface area contributed by atoms with Crippen molar-refractivity contribution in [1.82, 2.24) is 19.7 Å². The molecule has 0 aliphatic rings. The van der Waals surface area contributed by atoms with Crippen molar-refractivity contribution in [2.24, 2.45) is 0 Å². The van der Waals surface area contributed by atoms with E-state index in [9.17, 15) is 0 Å². The molecule has 102 valence electrons. The van der Waals surface area contributed by atoms with Crippen molar-refractivity contribution in [1.29, 1.82) is 0 Å². The van der Waals surface area contributed by atoms with Crippen LogP contribution in [-0.4, -0.2) is 26.3 Å². The summed E-state index contributed by atoms with van der Waals surface area (Å²) in [6.45, 7) is 8.07. The third kappa shape index (κ3) is 3.53. The van der Waals surface area contributed by atoms with Crippen LogP contribution in [0.15, 0.2) is 18.5 Å². The molecule has 0 aromatic carbocycles. The van der Waals surface area contributed by atoms with E-state index in [-0.39, 0.29) is 0 Å². The monoisotopic (exact) mass is 259 g/mol. The standard InChI is InChI=1S/C14H21N5/c1-4-6-15-14-17-11(3)8-13(18-14)12-9-16-19(10-12)7-5-2/h8-10H,4-7H2,1-3H3,(H,15,17,18). The number of anilines is 1. The third-order valence-electron chi connectivity index (χ3n) is 2.77. The van der Waals surface area contributed by atoms with Crippen molar-refractivity contribution in [2.75, 3.05) is 11.9 Å². The van der Waals surface area contributed by atoms with Crippen molar-refractivity contribution in [3.8, 4) is 11.3 Å². The summed E-state index contributed by atoms with van der Waals surface area (Å²) in [7, 11) is 0. The van der Waals surface area contributed by atoms with Gasteiger partial charge in [-0.15, -0.1) is 0 Å². The molecule has 0 aliphatic carbocycles. The minimum atomic E-state index is 0.695. The largest absolute Gasteiger partial charge is 0.354 e. The highest BCUT2D eigenvalue weighted by Gasteiger charge is 2.06. The Balaban J connectivity index is 2.24. The number of hydrogen-bond donors (Lipinski definition) is 1. The lowest BCUT2D eigenvalue weighted by Gasteiger charge is -2.06. The summed E-state index contributed by atoms with van der Waals surface area (Å²) in [6, 6.07) is 1.99. The molecule has 0 saturated carbocycles. The minimum absolute atomic E-state index is 0.695. The van der Waals surface area contributed by atoms with E-state index in [2.05, 4.69) is 34.2 Å². The van der Waals surface area contributed by atoms with E-state index < -0.39 is 0 Å². The summed E-state index contributed by atoms with van der Waals surface area (Å²) < 4.78 is 1.95. The van der Waals surface area contributed by atoms with Crippen LogP contribution in [0.1, 0.15) is 32.4 Å². The molecule has 0 spiro atoms. The van der Waals surface area contributed by atoms with Crippen molar-refractivity contribution in [3.63, 3.8) is 0 Å². The van der Waals surface area contributed by atoms with Gasteiger partial charge in [-0.2, -0.15) is 5.10 Å². The Kier molecular flexibility index (Phi) is 4.49. The average Bonchev–Trinajstić information content (AvgIpc) is 2.85. The molecule has 0 aliphatic heterocycles. The van der Waals surface area contributed by atoms with Crippen LogP contribution in [0, 0.1) is 6.92 Å². The molecule has 5 nitrogen and oxygen atoms in total. The Bertz CT molecular complexity index is 532. The van der Waals surface area contributed by atoms with Crippen molar-refractivity contribution in [3.05, 3.63) is 24.2 Å². The summed E-state index contributed by atoms with van der Waals surface area (Å²) in [6.07, 6.45) is 6.03. The number of rotatable bonds is 6. The van der Waals surface area contributed by atoms with E-state index in [1.165, 1.54) is 0 Å². The van der Waals surface area contributed by atoms with Gasteiger partial charge in [-0.25, -0.2) is 9.97 Å². The lowest BCUT2D eigenvalue weighted by atomic mass is 10.2. The second kappa shape index (κ2) is 6.31. The van der Waals surface area contributed by atoms with Crippen LogP contribution >= 0.6 is 0 Å². The van der Waals surface area contributed by atoms with Crippen LogP contribution in [0.2, 0.25) is 0 Å². The fraction of sp³-hybridized carbons (Fsp3) is 0.500. The fourth-order valence-corrected chi connectivity index (χ4v) is 1.88. The van der Waals surface area contributed by atoms with Crippen molar-refractivity contribution >= 4 is 5.95 Å². The zero-order valence-electron chi connectivity index (χ0n) is 11.8. The SMILES string of the molecule is CCCNc1nc(C)cc(-c2cnn(CCC)c2)n1. The van der Waals surface area contributed by atoms with Gasteiger partial charge in [-0.1, -0.05) is 13.8 Å². The predicted octanol–water partition coefficient (Wildman–Crippen LogP) is 2.88. The molecule has 0 atom stereocenters. The second-order valence-corrected chi connectivity index (χ2v) is 4.64. The maximum Gasteiger partial charge on any atom is 0.223 e. The van der Waals surface area contributed by atoms with Gasteiger partial charge in [0.1, 0.15) is 0 Å². The Hall–Kier alpha value is -1.91. The van der Waals surface area contributed by atoms with Crippen LogP contribution in [0.3, 0.4) is 0 Å². The number of hydrogen-bond acceptors (Lipinski definition) is 4. The van der Waals surface area contributed by atoms with Gasteiger partial charge in [0.15, 0.2) is 0 Å². The van der Waals surface area contributed by atoms with Gasteiger partial charge < -0.3 is 5.32 Å². The molecule has 2 rings (SSSR count). The number of nitrogens with one attached hydrogen (secondary N) is 1. The first-order valence-electron chi connectivity index (χ1n) is 6.85. The van der Waals surface area contributed by atoms with Gasteiger partial charge in [0.2, 0.25) is 5.95 Å². The summed E-state index contributed by atoms with van der Waals surface area (Å²) in [4.78, 5) is 8.93. The molecule has 2 heterocycles. The number of aryl methyl sites for hydroxylation is 2. The molecule has 0 bridgehead atoms. The molecule has 2 aromatic rings. The Labute approximate surface area is 114 Å². The van der Waals surface area contributed by atoms with E-state index >= 15 is 0 Å². The van der Waals surface area contributed by atoms with Gasteiger partial charge in [-0.3, -0.25) is 4.68 Å². The summed E-state index contributed by atoms with van der Waals surface area (Å²) in [5.41, 5.74) is 2.93. The molecule has 2 aromatic heterocycles. The number of aromatic nitrogens is 4. The summed E-state index contributed by atoms with van der Waals surface area (Å²) in [5, 5.41) is 7.57. The van der Waals surface area contributed by atoms with E-state index in [1.807, 2.05) is 30.1 Å². The molecular weight excluding hydrogens is 238 g/mol. The first-order chi connectivity index (χ1) is 9.22. The lowest BCUT2D eigenvalue weighted by molar-refractivity contribution is 0.603. The highest BCUT2D eigenvalue weighted by Crippen LogP contribution is 2.18. The average molecular weight is 259 g/mol. The first-order valence-corrected chi connectivity index (χ1v) is 6.85. The molecule has 0 unspecified atom stereocenters. The van der Waals surface area contributed by atoms with Crippen molar-refractivity contribution in [2.45, 2.75) is 40.2 Å². The Morgan fingerprint density at radius 3 is 2.79 bits per heavy atom. The van der Waals surface area contributed by atoms with E-state index in [1.54, 1.807) is 0 Å². The molecule has 1 N–H and O–H groups in total. The zero-order chi connectivity index (χ0) is 13.7. The second-order valence-electron chi connectivity index (χ2n) is 4.64. The molecular formula is C14H21N5. The molecule has 5 heteroatoms. The number of nitrogens with zero attached hydrogens (tertiary/aromatic N) is 4. The summed E-state index contributed by atoms with van der Waals surface area (Å²) >= 11 is 0. The maximum atomic E-state index is 4.54. The normalized spacial score (nSPS) is 10.7. The predicted molar refractivity (Wildman–Crippen MR) is 77.1 cm³/mol. The Morgan fingerprint density at radius 2 is 2.05 bits per heavy atom. The molecule has 0 amide bonds. The van der Waals surface area contributed by atoms with E-state index in [0.29, 0.717) is 5.95 Å². The maximum absolute atomic E-state index is 4.54. The van der Waals surface area contributed by atoms with Crippen LogP contribution in [-0.2, 0) is 6.54 Å². The fourth-order valence-electron chi connectivity index (χ4n) is 1.88. The van der Waals surface area contributed by atoms with Crippen LogP contribution < -0.4 is 5.32 Å². The topological polar surface area (TPSA) is 55.6 Å². The highest BCUT2D eigenvalue weighted by molar-refractivity contribution is 5.58. The molecule has 0 fully saturated rings. The lowest BCUT2D eigenvalue weighted by Crippen LogP contribution is -2.05. The third-order valence-corrected chi connectivity index (χ3v) is 2.77. The highest BCUT2D eigenvalue weighted by atomic mass is 15.3. The Morgan fingerprint density at radius 1 is 1.21 bits per heavy atom.